The van der Waals surface area contributed by atoms with Gasteiger partial charge in [0.05, 0.1) is 1.37 Å². The highest BCUT2D eigenvalue weighted by Crippen LogP contribution is 2.08. The molecule has 0 N–H and O–H groups in total. The van der Waals surface area contributed by atoms with Crippen LogP contribution in [0.15, 0.2) is 12.1 Å². The van der Waals surface area contributed by atoms with Gasteiger partial charge in [0.15, 0.2) is 0 Å². The lowest BCUT2D eigenvalue weighted by Crippen LogP contribution is -1.78. The Morgan fingerprint density at radius 2 is 1.75 bits per heavy atom. The van der Waals surface area contributed by atoms with E-state index in [1.54, 1.807) is 6.08 Å². The molecule has 0 fully saturated rings. The molecule has 0 heteroatoms. The molecule has 0 aromatic rings. The number of rotatable bonds is 8. The Kier molecular flexibility index (Phi) is 7.47. The summed E-state index contributed by atoms with van der Waals surface area (Å²) in [6.45, 7) is 2.49. The highest BCUT2D eigenvalue weighted by Gasteiger charge is 1.88. The molecule has 0 aliphatic carbocycles. The molecule has 0 amide bonds. The van der Waals surface area contributed by atoms with Crippen molar-refractivity contribution in [2.45, 2.75) is 65.2 Å². The van der Waals surface area contributed by atoms with E-state index in [9.17, 15) is 0 Å². The first kappa shape index (κ1) is 8.34. The first-order chi connectivity index (χ1) is 6.81. The van der Waals surface area contributed by atoms with Crippen LogP contribution in [0.5, 0.6) is 0 Å². The third kappa shape index (κ3) is 9.74. The zero-order valence-electron chi connectivity index (χ0n) is 10.4. The van der Waals surface area contributed by atoms with E-state index < -0.39 is 0 Å². The van der Waals surface area contributed by atoms with Gasteiger partial charge in [0.25, 0.3) is 0 Å². The van der Waals surface area contributed by atoms with Crippen LogP contribution in [0.25, 0.3) is 0 Å². The number of unbranched alkanes of at least 4 members (excludes halogenated alkanes) is 6. The van der Waals surface area contributed by atoms with Crippen molar-refractivity contribution in [1.29, 1.82) is 0 Å². The van der Waals surface area contributed by atoms with Crippen LogP contribution in [0, 0.1) is 0 Å². The van der Waals surface area contributed by atoms with Gasteiger partial charge in [0, 0.05) is 1.37 Å². The minimum atomic E-state index is 0.259. The largest absolute Gasteiger partial charge is 0.0917 e. The van der Waals surface area contributed by atoms with Crippen molar-refractivity contribution in [1.82, 2.24) is 0 Å². The molecule has 0 aromatic heterocycles. The lowest BCUT2D eigenvalue weighted by atomic mass is 10.1. The second kappa shape index (κ2) is 10.7. The molecule has 0 aliphatic rings. The van der Waals surface area contributed by atoms with Crippen molar-refractivity contribution in [3.05, 3.63) is 12.1 Å². The van der Waals surface area contributed by atoms with E-state index in [2.05, 4.69) is 6.92 Å². The third-order valence-corrected chi connectivity index (χ3v) is 2.07. The minimum absolute atomic E-state index is 0.259. The van der Waals surface area contributed by atoms with Crippen molar-refractivity contribution < 1.29 is 2.74 Å². The molecule has 0 nitrogen and oxygen atoms in total. The van der Waals surface area contributed by atoms with Gasteiger partial charge in [-0.2, -0.15) is 0 Å². The molecule has 0 unspecified atom stereocenters. The van der Waals surface area contributed by atoms with E-state index in [-0.39, 0.29) is 6.90 Å². The molecule has 0 atom stereocenters. The smallest absolute Gasteiger partial charge is 0.0572 e. The van der Waals surface area contributed by atoms with Gasteiger partial charge in [0.2, 0.25) is 0 Å². The maximum Gasteiger partial charge on any atom is 0.0572 e. The summed E-state index contributed by atoms with van der Waals surface area (Å²) in [6, 6.07) is 0.647. The summed E-state index contributed by atoms with van der Waals surface area (Å²) in [4.78, 5) is 0. The monoisotopic (exact) mass is 170 g/mol. The molecular weight excluding hydrogens is 144 g/mol. The molecule has 0 spiro atoms. The van der Waals surface area contributed by atoms with Gasteiger partial charge in [-0.05, 0) is 19.7 Å². The maximum absolute atomic E-state index is 7.46. The average molecular weight is 170 g/mol. The lowest BCUT2D eigenvalue weighted by molar-refractivity contribution is 0.592. The fraction of sp³-hybridized carbons (Fsp3) is 0.833. The Labute approximate surface area is 80.9 Å². The molecule has 72 valence electrons. The van der Waals surface area contributed by atoms with E-state index in [1.807, 2.05) is 0 Å². The summed E-state index contributed by atoms with van der Waals surface area (Å²) in [7, 11) is 0. The number of allylic oxidation sites excluding steroid dienone is 2. The first-order valence-electron chi connectivity index (χ1n) is 6.46. The Bertz CT molecular complexity index is 141. The predicted octanol–water partition coefficient (Wildman–Crippen LogP) is 4.70. The zero-order valence-corrected chi connectivity index (χ0v) is 8.44. The molecule has 12 heavy (non-hydrogen) atoms. The minimum Gasteiger partial charge on any atom is -0.0917 e. The van der Waals surface area contributed by atoms with Crippen LogP contribution in [-0.2, 0) is 0 Å². The van der Waals surface area contributed by atoms with Crippen LogP contribution in [0.3, 0.4) is 0 Å². The van der Waals surface area contributed by atoms with Crippen molar-refractivity contribution >= 4 is 0 Å². The van der Waals surface area contributed by atoms with Gasteiger partial charge >= 0.3 is 0 Å². The third-order valence-electron chi connectivity index (χ3n) is 2.07. The molecule has 0 saturated carbocycles. The van der Waals surface area contributed by atoms with Gasteiger partial charge in [-0.3, -0.25) is 0 Å². The van der Waals surface area contributed by atoms with Crippen molar-refractivity contribution in [3.8, 4) is 0 Å². The summed E-state index contributed by atoms with van der Waals surface area (Å²) >= 11 is 0. The summed E-state index contributed by atoms with van der Waals surface area (Å²) < 4.78 is 14.4. The molecule has 0 bridgehead atoms. The predicted molar refractivity (Wildman–Crippen MR) is 57.4 cm³/mol. The summed E-state index contributed by atoms with van der Waals surface area (Å²) in [5.74, 6) is 0. The maximum atomic E-state index is 7.46. The van der Waals surface area contributed by atoms with Crippen LogP contribution in [0.1, 0.15) is 67.9 Å². The summed E-state index contributed by atoms with van der Waals surface area (Å²) in [6.07, 6.45) is 11.6. The van der Waals surface area contributed by atoms with Gasteiger partial charge in [0.1, 0.15) is 0 Å². The van der Waals surface area contributed by atoms with E-state index in [0.717, 1.165) is 12.8 Å². The summed E-state index contributed by atoms with van der Waals surface area (Å²) in [5.41, 5.74) is 0. The SMILES string of the molecule is [2H]C/C=C(\[2H])CCCCCCCCC. The Balaban J connectivity index is 3.09. The Morgan fingerprint density at radius 1 is 1.08 bits per heavy atom. The molecule has 0 radical (unpaired) electrons. The lowest BCUT2D eigenvalue weighted by Gasteiger charge is -1.98. The number of hydrogen-bond acceptors (Lipinski definition) is 0. The van der Waals surface area contributed by atoms with Crippen LogP contribution in [-0.4, -0.2) is 0 Å². The number of hydrogen-bond donors (Lipinski definition) is 0. The molecular formula is C12H24. The standard InChI is InChI=1S/C12H24/c1-3-5-7-9-11-12-10-8-6-4-2/h3,5H,4,6-12H2,1-2H3/b5-3+/i1D,5D. The van der Waals surface area contributed by atoms with E-state index in [4.69, 9.17) is 2.74 Å². The molecule has 0 saturated heterocycles. The second-order valence-electron chi connectivity index (χ2n) is 3.28. The van der Waals surface area contributed by atoms with Crippen LogP contribution >= 0.6 is 0 Å². The van der Waals surface area contributed by atoms with Gasteiger partial charge in [-0.1, -0.05) is 57.6 Å². The van der Waals surface area contributed by atoms with Crippen LogP contribution in [0.2, 0.25) is 0 Å². The first-order valence-corrected chi connectivity index (χ1v) is 5.26. The van der Waals surface area contributed by atoms with Crippen molar-refractivity contribution in [3.63, 3.8) is 0 Å². The molecule has 0 aliphatic heterocycles. The molecule has 0 aromatic carbocycles. The summed E-state index contributed by atoms with van der Waals surface area (Å²) in [5, 5.41) is 0. The van der Waals surface area contributed by atoms with Gasteiger partial charge in [-0.25, -0.2) is 0 Å². The highest BCUT2D eigenvalue weighted by molar-refractivity contribution is 4.76. The van der Waals surface area contributed by atoms with E-state index in [0.29, 0.717) is 6.05 Å². The zero-order chi connectivity index (χ0) is 10.6. The fourth-order valence-electron chi connectivity index (χ4n) is 1.29. The molecule has 0 heterocycles. The van der Waals surface area contributed by atoms with Crippen LogP contribution < -0.4 is 0 Å². The van der Waals surface area contributed by atoms with E-state index in [1.165, 1.54) is 38.5 Å². The topological polar surface area (TPSA) is 0 Å². The normalized spacial score (nSPS) is 14.2. The van der Waals surface area contributed by atoms with E-state index >= 15 is 0 Å². The van der Waals surface area contributed by atoms with Crippen LogP contribution in [0.4, 0.5) is 0 Å². The fourth-order valence-corrected chi connectivity index (χ4v) is 1.29. The second-order valence-corrected chi connectivity index (χ2v) is 3.28. The Morgan fingerprint density at radius 3 is 2.42 bits per heavy atom. The van der Waals surface area contributed by atoms with Crippen molar-refractivity contribution in [2.24, 2.45) is 0 Å². The van der Waals surface area contributed by atoms with Gasteiger partial charge < -0.3 is 0 Å². The quantitative estimate of drug-likeness (QED) is 0.366. The van der Waals surface area contributed by atoms with Crippen molar-refractivity contribution in [2.75, 3.05) is 0 Å². The average Bonchev–Trinajstić information content (AvgIpc) is 2.17. The Hall–Kier alpha value is -0.260. The highest BCUT2D eigenvalue weighted by atomic mass is 13.9. The van der Waals surface area contributed by atoms with Gasteiger partial charge in [-0.15, -0.1) is 0 Å². The molecule has 0 rings (SSSR count).